The molecule has 3 N–H and O–H groups in total. The van der Waals surface area contributed by atoms with Gasteiger partial charge in [-0.15, -0.1) is 0 Å². The summed E-state index contributed by atoms with van der Waals surface area (Å²) in [6, 6.07) is -0.765. The number of carboxylic acid groups (broad SMARTS) is 1. The molecule has 0 bridgehead atoms. The molecule has 0 aliphatic heterocycles. The molecule has 0 aromatic rings. The van der Waals surface area contributed by atoms with Gasteiger partial charge in [-0.3, -0.25) is 10.1 Å². The molecule has 2 unspecified atom stereocenters. The lowest BCUT2D eigenvalue weighted by atomic mass is 10.0. The lowest BCUT2D eigenvalue weighted by Gasteiger charge is -2.25. The van der Waals surface area contributed by atoms with Crippen molar-refractivity contribution in [2.75, 3.05) is 20.3 Å². The first-order chi connectivity index (χ1) is 6.93. The van der Waals surface area contributed by atoms with Crippen molar-refractivity contribution in [3.63, 3.8) is 0 Å². The predicted octanol–water partition coefficient (Wildman–Crippen LogP) is 0.227. The summed E-state index contributed by atoms with van der Waals surface area (Å²) in [5, 5.41) is 21.4. The molecule has 0 saturated heterocycles. The van der Waals surface area contributed by atoms with E-state index in [0.29, 0.717) is 6.42 Å². The van der Waals surface area contributed by atoms with Crippen LogP contribution < -0.4 is 5.32 Å². The van der Waals surface area contributed by atoms with E-state index in [4.69, 9.17) is 9.84 Å². The molecule has 0 heterocycles. The SMILES string of the molecule is CCCC(C)(O)CNC(COC)C(=O)O. The molecule has 0 aliphatic carbocycles. The van der Waals surface area contributed by atoms with Gasteiger partial charge in [-0.25, -0.2) is 0 Å². The molecule has 0 radical (unpaired) electrons. The van der Waals surface area contributed by atoms with Crippen LogP contribution in [0.3, 0.4) is 0 Å². The van der Waals surface area contributed by atoms with Gasteiger partial charge in [0, 0.05) is 13.7 Å². The van der Waals surface area contributed by atoms with Crippen LogP contribution in [0.2, 0.25) is 0 Å². The molecule has 2 atom stereocenters. The lowest BCUT2D eigenvalue weighted by molar-refractivity contribution is -0.141. The molecule has 0 aromatic carbocycles. The number of aliphatic carboxylic acids is 1. The monoisotopic (exact) mass is 219 g/mol. The first-order valence-corrected chi connectivity index (χ1v) is 5.10. The topological polar surface area (TPSA) is 78.8 Å². The van der Waals surface area contributed by atoms with Gasteiger partial charge >= 0.3 is 5.97 Å². The smallest absolute Gasteiger partial charge is 0.323 e. The number of carbonyl (C=O) groups is 1. The maximum atomic E-state index is 10.7. The number of rotatable bonds is 8. The highest BCUT2D eigenvalue weighted by Gasteiger charge is 2.23. The molecule has 0 saturated carbocycles. The highest BCUT2D eigenvalue weighted by Crippen LogP contribution is 2.10. The van der Waals surface area contributed by atoms with Crippen molar-refractivity contribution >= 4 is 5.97 Å². The summed E-state index contributed by atoms with van der Waals surface area (Å²) in [6.07, 6.45) is 1.50. The van der Waals surface area contributed by atoms with Crippen LogP contribution in [0.4, 0.5) is 0 Å². The summed E-state index contributed by atoms with van der Waals surface area (Å²) in [5.74, 6) is -0.968. The summed E-state index contributed by atoms with van der Waals surface area (Å²) >= 11 is 0. The van der Waals surface area contributed by atoms with Gasteiger partial charge in [0.25, 0.3) is 0 Å². The fourth-order valence-electron chi connectivity index (χ4n) is 1.35. The zero-order chi connectivity index (χ0) is 11.9. The van der Waals surface area contributed by atoms with E-state index >= 15 is 0 Å². The molecule has 90 valence electrons. The first-order valence-electron chi connectivity index (χ1n) is 5.10. The maximum Gasteiger partial charge on any atom is 0.323 e. The van der Waals surface area contributed by atoms with E-state index in [1.54, 1.807) is 6.92 Å². The van der Waals surface area contributed by atoms with E-state index in [9.17, 15) is 9.90 Å². The van der Waals surface area contributed by atoms with Gasteiger partial charge in [-0.05, 0) is 13.3 Å². The Bertz CT molecular complexity index is 194. The summed E-state index contributed by atoms with van der Waals surface area (Å²) in [4.78, 5) is 10.7. The highest BCUT2D eigenvalue weighted by atomic mass is 16.5. The molecule has 0 fully saturated rings. The van der Waals surface area contributed by atoms with Gasteiger partial charge in [0.15, 0.2) is 0 Å². The minimum absolute atomic E-state index is 0.0948. The summed E-state index contributed by atoms with van der Waals surface area (Å²) in [6.45, 7) is 4.01. The van der Waals surface area contributed by atoms with Crippen molar-refractivity contribution in [2.24, 2.45) is 0 Å². The predicted molar refractivity (Wildman–Crippen MR) is 56.8 cm³/mol. The average molecular weight is 219 g/mol. The third-order valence-electron chi connectivity index (χ3n) is 2.15. The summed E-state index contributed by atoms with van der Waals surface area (Å²) < 4.78 is 4.77. The normalized spacial score (nSPS) is 17.1. The molecular formula is C10H21NO4. The van der Waals surface area contributed by atoms with Crippen LogP contribution in [0, 0.1) is 0 Å². The van der Waals surface area contributed by atoms with Crippen molar-refractivity contribution in [3.8, 4) is 0 Å². The molecule has 0 spiro atoms. The third-order valence-corrected chi connectivity index (χ3v) is 2.15. The molecule has 15 heavy (non-hydrogen) atoms. The Morgan fingerprint density at radius 1 is 1.60 bits per heavy atom. The second-order valence-corrected chi connectivity index (χ2v) is 3.97. The quantitative estimate of drug-likeness (QED) is 0.544. The van der Waals surface area contributed by atoms with Crippen molar-refractivity contribution in [2.45, 2.75) is 38.3 Å². The van der Waals surface area contributed by atoms with Crippen LogP contribution in [0.15, 0.2) is 0 Å². The first kappa shape index (κ1) is 14.3. The third kappa shape index (κ3) is 6.43. The van der Waals surface area contributed by atoms with Gasteiger partial charge < -0.3 is 14.9 Å². The lowest BCUT2D eigenvalue weighted by Crippen LogP contribution is -2.47. The molecular weight excluding hydrogens is 198 g/mol. The highest BCUT2D eigenvalue weighted by molar-refractivity contribution is 5.73. The van der Waals surface area contributed by atoms with Crippen LogP contribution in [-0.4, -0.2) is 48.1 Å². The van der Waals surface area contributed by atoms with Crippen molar-refractivity contribution in [1.29, 1.82) is 0 Å². The molecule has 0 amide bonds. The van der Waals surface area contributed by atoms with Gasteiger partial charge in [0.1, 0.15) is 6.04 Å². The van der Waals surface area contributed by atoms with Crippen molar-refractivity contribution < 1.29 is 19.7 Å². The van der Waals surface area contributed by atoms with Crippen LogP contribution in [-0.2, 0) is 9.53 Å². The molecule has 5 heteroatoms. The number of ether oxygens (including phenoxy) is 1. The number of hydrogen-bond acceptors (Lipinski definition) is 4. The van der Waals surface area contributed by atoms with Crippen molar-refractivity contribution in [1.82, 2.24) is 5.32 Å². The van der Waals surface area contributed by atoms with Gasteiger partial charge in [0.05, 0.1) is 12.2 Å². The van der Waals surface area contributed by atoms with E-state index in [1.165, 1.54) is 7.11 Å². The number of methoxy groups -OCH3 is 1. The molecule has 0 aliphatic rings. The van der Waals surface area contributed by atoms with Gasteiger partial charge in [-0.1, -0.05) is 13.3 Å². The van der Waals surface area contributed by atoms with E-state index in [0.717, 1.165) is 6.42 Å². The zero-order valence-corrected chi connectivity index (χ0v) is 9.62. The maximum absolute atomic E-state index is 10.7. The van der Waals surface area contributed by atoms with E-state index in [2.05, 4.69) is 5.32 Å². The number of carboxylic acids is 1. The zero-order valence-electron chi connectivity index (χ0n) is 9.62. The number of nitrogens with one attached hydrogen (secondary N) is 1. The Balaban J connectivity index is 4.03. The Morgan fingerprint density at radius 3 is 2.60 bits per heavy atom. The largest absolute Gasteiger partial charge is 0.480 e. The van der Waals surface area contributed by atoms with Crippen LogP contribution in [0.25, 0.3) is 0 Å². The number of hydrogen-bond donors (Lipinski definition) is 3. The van der Waals surface area contributed by atoms with Crippen LogP contribution in [0.5, 0.6) is 0 Å². The van der Waals surface area contributed by atoms with E-state index < -0.39 is 17.6 Å². The minimum atomic E-state index is -0.968. The van der Waals surface area contributed by atoms with Crippen molar-refractivity contribution in [3.05, 3.63) is 0 Å². The average Bonchev–Trinajstić information content (AvgIpc) is 2.11. The summed E-state index contributed by atoms with van der Waals surface area (Å²) in [7, 11) is 1.45. The Kier molecular flexibility index (Phi) is 6.47. The summed E-state index contributed by atoms with van der Waals surface area (Å²) in [5.41, 5.74) is -0.865. The number of aliphatic hydroxyl groups is 1. The Morgan fingerprint density at radius 2 is 2.20 bits per heavy atom. The minimum Gasteiger partial charge on any atom is -0.480 e. The van der Waals surface area contributed by atoms with E-state index in [-0.39, 0.29) is 13.2 Å². The Hall–Kier alpha value is -0.650. The second-order valence-electron chi connectivity index (χ2n) is 3.97. The molecule has 0 aromatic heterocycles. The van der Waals surface area contributed by atoms with E-state index in [1.807, 2.05) is 6.92 Å². The fraction of sp³-hybridized carbons (Fsp3) is 0.900. The van der Waals surface area contributed by atoms with Gasteiger partial charge in [0.2, 0.25) is 0 Å². The Labute approximate surface area is 90.4 Å². The second kappa shape index (κ2) is 6.76. The van der Waals surface area contributed by atoms with Gasteiger partial charge in [-0.2, -0.15) is 0 Å². The standard InChI is InChI=1S/C10H21NO4/c1-4-5-10(2,14)7-11-8(6-15-3)9(12)13/h8,11,14H,4-7H2,1-3H3,(H,12,13). The van der Waals surface area contributed by atoms with Crippen LogP contribution in [0.1, 0.15) is 26.7 Å². The van der Waals surface area contributed by atoms with Crippen LogP contribution >= 0.6 is 0 Å². The molecule has 5 nitrogen and oxygen atoms in total. The fourth-order valence-corrected chi connectivity index (χ4v) is 1.35. The molecule has 0 rings (SSSR count).